The van der Waals surface area contributed by atoms with Gasteiger partial charge in [0.25, 0.3) is 0 Å². The Morgan fingerprint density at radius 2 is 1.36 bits per heavy atom. The lowest BCUT2D eigenvalue weighted by molar-refractivity contribution is 0.0240. The van der Waals surface area contributed by atoms with Gasteiger partial charge in [-0.3, -0.25) is 0 Å². The first-order chi connectivity index (χ1) is 21.2. The molecule has 0 bridgehead atoms. The second-order valence-electron chi connectivity index (χ2n) is 11.2. The van der Waals surface area contributed by atoms with E-state index < -0.39 is 5.60 Å². The minimum atomic E-state index is -0.545. The van der Waals surface area contributed by atoms with Crippen molar-refractivity contribution in [1.82, 2.24) is 9.88 Å². The molecular weight excluding hydrogens is 557 g/mol. The molecule has 1 aliphatic heterocycles. The monoisotopic (exact) mass is 599 g/mol. The van der Waals surface area contributed by atoms with E-state index in [1.807, 2.05) is 101 Å². The molecule has 232 valence electrons. The number of hydrogen-bond donors (Lipinski definition) is 0. The van der Waals surface area contributed by atoms with Gasteiger partial charge in [-0.1, -0.05) is 74.5 Å². The quantitative estimate of drug-likeness (QED) is 0.204. The molecule has 0 spiro atoms. The average molecular weight is 600 g/mol. The second kappa shape index (κ2) is 15.2. The van der Waals surface area contributed by atoms with Gasteiger partial charge in [0.1, 0.15) is 24.6 Å². The molecule has 0 N–H and O–H groups in total. The van der Waals surface area contributed by atoms with Crippen LogP contribution in [-0.2, 0) is 18.0 Å². The zero-order valence-corrected chi connectivity index (χ0v) is 26.3. The highest BCUT2D eigenvalue weighted by Crippen LogP contribution is 2.35. The average Bonchev–Trinajstić information content (AvgIpc) is 3.04. The van der Waals surface area contributed by atoms with E-state index >= 15 is 4.39 Å². The number of hydrogen-bond acceptors (Lipinski definition) is 6. The molecule has 8 heteroatoms. The highest BCUT2D eigenvalue weighted by atomic mass is 19.1. The van der Waals surface area contributed by atoms with Gasteiger partial charge < -0.3 is 24.0 Å². The molecule has 0 atom stereocenters. The Morgan fingerprint density at radius 1 is 0.773 bits per heavy atom. The normalized spacial score (nSPS) is 13.0. The molecule has 1 saturated heterocycles. The molecule has 44 heavy (non-hydrogen) atoms. The summed E-state index contributed by atoms with van der Waals surface area (Å²) in [5.41, 5.74) is 3.21. The van der Waals surface area contributed by atoms with Gasteiger partial charge in [0.05, 0.1) is 0 Å². The maximum atomic E-state index is 15.4. The Balaban J connectivity index is 0.00000216. The second-order valence-corrected chi connectivity index (χ2v) is 11.2. The Labute approximate surface area is 260 Å². The van der Waals surface area contributed by atoms with Crippen LogP contribution in [0.4, 0.5) is 14.9 Å². The number of nitrogens with zero attached hydrogens (tertiary/aromatic N) is 3. The lowest BCUT2D eigenvalue weighted by Gasteiger charge is -2.37. The predicted molar refractivity (Wildman–Crippen MR) is 173 cm³/mol. The zero-order chi connectivity index (χ0) is 31.5. The minimum absolute atomic E-state index is 0.275. The van der Waals surface area contributed by atoms with E-state index in [9.17, 15) is 4.79 Å². The maximum absolute atomic E-state index is 15.4. The lowest BCUT2D eigenvalue weighted by atomic mass is 10.0. The van der Waals surface area contributed by atoms with Crippen LogP contribution in [0, 0.1) is 5.82 Å². The highest BCUT2D eigenvalue weighted by molar-refractivity contribution is 5.74. The van der Waals surface area contributed by atoms with Crippen molar-refractivity contribution in [3.63, 3.8) is 0 Å². The van der Waals surface area contributed by atoms with E-state index in [0.29, 0.717) is 49.8 Å². The van der Waals surface area contributed by atoms with E-state index in [2.05, 4.69) is 9.88 Å². The highest BCUT2D eigenvalue weighted by Gasteiger charge is 2.26. The van der Waals surface area contributed by atoms with Crippen LogP contribution in [-0.4, -0.2) is 47.8 Å². The first-order valence-corrected chi connectivity index (χ1v) is 15.1. The van der Waals surface area contributed by atoms with Gasteiger partial charge in [-0.15, -0.1) is 0 Å². The third-order valence-electron chi connectivity index (χ3n) is 6.82. The Bertz CT molecular complexity index is 1480. The molecule has 1 amide bonds. The van der Waals surface area contributed by atoms with Crippen molar-refractivity contribution in [2.45, 2.75) is 53.4 Å². The number of pyridine rings is 1. The molecule has 0 saturated carbocycles. The molecule has 1 aromatic heterocycles. The van der Waals surface area contributed by atoms with Crippen molar-refractivity contribution in [2.24, 2.45) is 0 Å². The number of carbonyl (C=O) groups excluding carboxylic acids is 1. The van der Waals surface area contributed by atoms with Crippen LogP contribution in [0.5, 0.6) is 11.8 Å². The summed E-state index contributed by atoms with van der Waals surface area (Å²) in [6.45, 7) is 12.4. The Kier molecular flexibility index (Phi) is 11.2. The van der Waals surface area contributed by atoms with Crippen molar-refractivity contribution in [3.05, 3.63) is 108 Å². The van der Waals surface area contributed by atoms with Crippen LogP contribution in [0.25, 0.3) is 11.1 Å². The fourth-order valence-corrected chi connectivity index (χ4v) is 4.67. The van der Waals surface area contributed by atoms with Crippen molar-refractivity contribution >= 4 is 11.8 Å². The number of benzene rings is 3. The van der Waals surface area contributed by atoms with E-state index in [-0.39, 0.29) is 24.4 Å². The van der Waals surface area contributed by atoms with Crippen LogP contribution >= 0.6 is 0 Å². The van der Waals surface area contributed by atoms with Gasteiger partial charge in [0.2, 0.25) is 11.8 Å². The molecule has 0 radical (unpaired) electrons. The molecule has 4 aromatic rings. The van der Waals surface area contributed by atoms with Crippen LogP contribution < -0.4 is 14.4 Å². The third-order valence-corrected chi connectivity index (χ3v) is 6.82. The fraction of sp³-hybridized carbons (Fsp3) is 0.333. The summed E-state index contributed by atoms with van der Waals surface area (Å²) in [4.78, 5) is 21.0. The first-order valence-electron chi connectivity index (χ1n) is 15.1. The number of rotatable bonds is 8. The number of amides is 1. The summed E-state index contributed by atoms with van der Waals surface area (Å²) in [6.07, 6.45) is -0.317. The van der Waals surface area contributed by atoms with Crippen LogP contribution in [0.2, 0.25) is 0 Å². The topological polar surface area (TPSA) is 64.1 Å². The molecular formula is C36H42FN3O4. The summed E-state index contributed by atoms with van der Waals surface area (Å²) in [6, 6.07) is 28.2. The molecule has 7 nitrogen and oxygen atoms in total. The predicted octanol–water partition coefficient (Wildman–Crippen LogP) is 8.13. The fourth-order valence-electron chi connectivity index (χ4n) is 4.67. The standard InChI is InChI=1S/C34H36FN3O4.C2H6/c1-34(2,3)42-33(39)38-20-18-37(19-21-38)27-14-16-30(35)29(22-27)28-15-17-31(40-23-25-10-6-4-7-11-25)36-32(28)41-24-26-12-8-5-9-13-26;1-2/h4-17,22H,18-21,23-24H2,1-3H3;1-2H3. The van der Waals surface area contributed by atoms with Gasteiger partial charge in [0.15, 0.2) is 0 Å². The van der Waals surface area contributed by atoms with E-state index in [1.54, 1.807) is 23.1 Å². The van der Waals surface area contributed by atoms with Crippen molar-refractivity contribution in [2.75, 3.05) is 31.1 Å². The summed E-state index contributed by atoms with van der Waals surface area (Å²) in [5, 5.41) is 0. The maximum Gasteiger partial charge on any atom is 0.410 e. The Hall–Kier alpha value is -4.59. The SMILES string of the molecule is CC.CC(C)(C)OC(=O)N1CCN(c2ccc(F)c(-c3ccc(OCc4ccccc4)nc3OCc3ccccc3)c2)CC1. The van der Waals surface area contributed by atoms with E-state index in [0.717, 1.165) is 16.8 Å². The zero-order valence-electron chi connectivity index (χ0n) is 26.3. The third kappa shape index (κ3) is 8.96. The summed E-state index contributed by atoms with van der Waals surface area (Å²) in [5.74, 6) is 0.297. The van der Waals surface area contributed by atoms with Crippen LogP contribution in [0.1, 0.15) is 45.7 Å². The largest absolute Gasteiger partial charge is 0.473 e. The molecule has 2 heterocycles. The number of carbonyl (C=O) groups is 1. The van der Waals surface area contributed by atoms with E-state index in [4.69, 9.17) is 14.2 Å². The summed E-state index contributed by atoms with van der Waals surface area (Å²) >= 11 is 0. The number of piperazine rings is 1. The van der Waals surface area contributed by atoms with Crippen LogP contribution in [0.3, 0.4) is 0 Å². The number of aromatic nitrogens is 1. The number of anilines is 1. The van der Waals surface area contributed by atoms with Gasteiger partial charge in [-0.2, -0.15) is 4.98 Å². The van der Waals surface area contributed by atoms with Gasteiger partial charge in [-0.05, 0) is 56.2 Å². The number of ether oxygens (including phenoxy) is 3. The molecule has 0 unspecified atom stereocenters. The van der Waals surface area contributed by atoms with Crippen molar-refractivity contribution in [3.8, 4) is 22.9 Å². The van der Waals surface area contributed by atoms with Gasteiger partial charge >= 0.3 is 6.09 Å². The molecule has 3 aromatic carbocycles. The van der Waals surface area contributed by atoms with Gasteiger partial charge in [0, 0.05) is 49.1 Å². The summed E-state index contributed by atoms with van der Waals surface area (Å²) in [7, 11) is 0. The first kappa shape index (κ1) is 32.3. The summed E-state index contributed by atoms with van der Waals surface area (Å²) < 4.78 is 33.0. The molecule has 0 aliphatic carbocycles. The van der Waals surface area contributed by atoms with Crippen molar-refractivity contribution < 1.29 is 23.4 Å². The molecule has 5 rings (SSSR count). The van der Waals surface area contributed by atoms with Crippen molar-refractivity contribution in [1.29, 1.82) is 0 Å². The van der Waals surface area contributed by atoms with Crippen LogP contribution in [0.15, 0.2) is 91.0 Å². The minimum Gasteiger partial charge on any atom is -0.473 e. The lowest BCUT2D eigenvalue weighted by Crippen LogP contribution is -2.50. The number of halogens is 1. The smallest absolute Gasteiger partial charge is 0.410 e. The molecule has 1 fully saturated rings. The molecule has 1 aliphatic rings. The van der Waals surface area contributed by atoms with Gasteiger partial charge in [-0.25, -0.2) is 9.18 Å². The van der Waals surface area contributed by atoms with E-state index in [1.165, 1.54) is 6.07 Å². The Morgan fingerprint density at radius 3 is 1.95 bits per heavy atom.